The maximum atomic E-state index is 5.59. The number of rotatable bonds is 7. The van der Waals surface area contributed by atoms with Gasteiger partial charge in [-0.15, -0.1) is 11.3 Å². The SMILES string of the molecule is COc1csc(CNCCOc2ccccc2)c1. The molecule has 1 N–H and O–H groups in total. The Morgan fingerprint density at radius 3 is 2.72 bits per heavy atom. The van der Waals surface area contributed by atoms with E-state index in [1.54, 1.807) is 18.4 Å². The number of thiophene rings is 1. The van der Waals surface area contributed by atoms with Gasteiger partial charge in [0.15, 0.2) is 0 Å². The van der Waals surface area contributed by atoms with Gasteiger partial charge in [0, 0.05) is 23.3 Å². The van der Waals surface area contributed by atoms with E-state index in [2.05, 4.69) is 11.4 Å². The number of para-hydroxylation sites is 1. The van der Waals surface area contributed by atoms with E-state index >= 15 is 0 Å². The maximum Gasteiger partial charge on any atom is 0.129 e. The lowest BCUT2D eigenvalue weighted by atomic mass is 10.3. The first-order valence-corrected chi connectivity index (χ1v) is 6.76. The van der Waals surface area contributed by atoms with E-state index in [0.717, 1.165) is 24.6 Å². The predicted molar refractivity (Wildman–Crippen MR) is 74.5 cm³/mol. The zero-order valence-electron chi connectivity index (χ0n) is 10.4. The Balaban J connectivity index is 1.61. The van der Waals surface area contributed by atoms with Gasteiger partial charge in [0.1, 0.15) is 18.1 Å². The minimum absolute atomic E-state index is 0.673. The molecule has 1 aromatic carbocycles. The van der Waals surface area contributed by atoms with Gasteiger partial charge in [-0.1, -0.05) is 18.2 Å². The minimum atomic E-state index is 0.673. The van der Waals surface area contributed by atoms with Crippen molar-refractivity contribution < 1.29 is 9.47 Å². The molecule has 18 heavy (non-hydrogen) atoms. The molecule has 0 amide bonds. The maximum absolute atomic E-state index is 5.59. The van der Waals surface area contributed by atoms with Crippen LogP contribution in [0.15, 0.2) is 41.8 Å². The molecular formula is C14H17NO2S. The van der Waals surface area contributed by atoms with Crippen LogP contribution < -0.4 is 14.8 Å². The Morgan fingerprint density at radius 1 is 1.17 bits per heavy atom. The van der Waals surface area contributed by atoms with Crippen molar-refractivity contribution in [3.63, 3.8) is 0 Å². The molecule has 0 bridgehead atoms. The van der Waals surface area contributed by atoms with Crippen LogP contribution in [0.3, 0.4) is 0 Å². The highest BCUT2D eigenvalue weighted by Crippen LogP contribution is 2.20. The lowest BCUT2D eigenvalue weighted by Crippen LogP contribution is -2.20. The molecule has 4 heteroatoms. The molecule has 0 aliphatic heterocycles. The second-order valence-corrected chi connectivity index (χ2v) is 4.79. The van der Waals surface area contributed by atoms with Crippen LogP contribution in [0, 0.1) is 0 Å². The van der Waals surface area contributed by atoms with Crippen LogP contribution in [0.25, 0.3) is 0 Å². The summed E-state index contributed by atoms with van der Waals surface area (Å²) in [5.74, 6) is 1.84. The third kappa shape index (κ3) is 4.05. The molecule has 0 fully saturated rings. The molecule has 0 aliphatic carbocycles. The van der Waals surface area contributed by atoms with Gasteiger partial charge < -0.3 is 14.8 Å². The fourth-order valence-corrected chi connectivity index (χ4v) is 2.33. The van der Waals surface area contributed by atoms with Crippen LogP contribution in [0.2, 0.25) is 0 Å². The van der Waals surface area contributed by atoms with Crippen LogP contribution in [-0.4, -0.2) is 20.3 Å². The molecule has 2 aromatic rings. The summed E-state index contributed by atoms with van der Waals surface area (Å²) in [6, 6.07) is 11.9. The van der Waals surface area contributed by atoms with Crippen molar-refractivity contribution in [3.8, 4) is 11.5 Å². The molecule has 0 aliphatic rings. The number of benzene rings is 1. The first-order chi connectivity index (χ1) is 8.88. The summed E-state index contributed by atoms with van der Waals surface area (Å²) in [5, 5.41) is 5.35. The lowest BCUT2D eigenvalue weighted by molar-refractivity contribution is 0.314. The predicted octanol–water partition coefficient (Wildman–Crippen LogP) is 2.93. The zero-order chi connectivity index (χ0) is 12.6. The van der Waals surface area contributed by atoms with E-state index in [1.807, 2.05) is 35.7 Å². The highest BCUT2D eigenvalue weighted by atomic mass is 32.1. The van der Waals surface area contributed by atoms with E-state index in [9.17, 15) is 0 Å². The molecule has 1 aromatic heterocycles. The van der Waals surface area contributed by atoms with Gasteiger partial charge in [0.2, 0.25) is 0 Å². The van der Waals surface area contributed by atoms with Gasteiger partial charge >= 0.3 is 0 Å². The van der Waals surface area contributed by atoms with Crippen molar-refractivity contribution in [1.29, 1.82) is 0 Å². The monoisotopic (exact) mass is 263 g/mol. The fraction of sp³-hybridized carbons (Fsp3) is 0.286. The Kier molecular flexibility index (Phi) is 5.05. The van der Waals surface area contributed by atoms with Crippen LogP contribution in [-0.2, 0) is 6.54 Å². The zero-order valence-corrected chi connectivity index (χ0v) is 11.2. The van der Waals surface area contributed by atoms with Gasteiger partial charge in [-0.2, -0.15) is 0 Å². The van der Waals surface area contributed by atoms with Crippen molar-refractivity contribution in [2.45, 2.75) is 6.54 Å². The quantitative estimate of drug-likeness (QED) is 0.779. The largest absolute Gasteiger partial charge is 0.496 e. The normalized spacial score (nSPS) is 10.3. The molecule has 0 saturated heterocycles. The van der Waals surface area contributed by atoms with Crippen molar-refractivity contribution in [1.82, 2.24) is 5.32 Å². The van der Waals surface area contributed by atoms with Crippen LogP contribution in [0.5, 0.6) is 11.5 Å². The lowest BCUT2D eigenvalue weighted by Gasteiger charge is -2.06. The number of ether oxygens (including phenoxy) is 2. The van der Waals surface area contributed by atoms with Crippen LogP contribution in [0.1, 0.15) is 4.88 Å². The Hall–Kier alpha value is -1.52. The highest BCUT2D eigenvalue weighted by Gasteiger charge is 1.99. The van der Waals surface area contributed by atoms with Gasteiger partial charge in [0.25, 0.3) is 0 Å². The van der Waals surface area contributed by atoms with Gasteiger partial charge in [-0.25, -0.2) is 0 Å². The number of hydrogen-bond donors (Lipinski definition) is 1. The van der Waals surface area contributed by atoms with Gasteiger partial charge in [-0.05, 0) is 18.2 Å². The minimum Gasteiger partial charge on any atom is -0.496 e. The summed E-state index contributed by atoms with van der Waals surface area (Å²) in [6.45, 7) is 2.35. The number of methoxy groups -OCH3 is 1. The Bertz CT molecular complexity index is 456. The summed E-state index contributed by atoms with van der Waals surface area (Å²) in [4.78, 5) is 1.27. The molecule has 3 nitrogen and oxygen atoms in total. The average molecular weight is 263 g/mol. The van der Waals surface area contributed by atoms with E-state index in [1.165, 1.54) is 4.88 Å². The third-order valence-electron chi connectivity index (χ3n) is 2.46. The summed E-state index contributed by atoms with van der Waals surface area (Å²) in [6.07, 6.45) is 0. The topological polar surface area (TPSA) is 30.5 Å². The standard InChI is InChI=1S/C14H17NO2S/c1-16-13-9-14(18-11-13)10-15-7-8-17-12-5-3-2-4-6-12/h2-6,9,11,15H,7-8,10H2,1H3. The van der Waals surface area contributed by atoms with E-state index < -0.39 is 0 Å². The Morgan fingerprint density at radius 2 is 2.00 bits per heavy atom. The molecule has 2 rings (SSSR count). The third-order valence-corrected chi connectivity index (χ3v) is 3.37. The second kappa shape index (κ2) is 7.03. The van der Waals surface area contributed by atoms with Crippen molar-refractivity contribution >= 4 is 11.3 Å². The highest BCUT2D eigenvalue weighted by molar-refractivity contribution is 7.10. The van der Waals surface area contributed by atoms with Crippen LogP contribution >= 0.6 is 11.3 Å². The first kappa shape index (κ1) is 12.9. The number of hydrogen-bond acceptors (Lipinski definition) is 4. The molecule has 0 unspecified atom stereocenters. The molecule has 0 radical (unpaired) electrons. The molecular weight excluding hydrogens is 246 g/mol. The van der Waals surface area contributed by atoms with Gasteiger partial charge in [0.05, 0.1) is 7.11 Å². The second-order valence-electron chi connectivity index (χ2n) is 3.79. The van der Waals surface area contributed by atoms with Crippen molar-refractivity contribution in [2.24, 2.45) is 0 Å². The fourth-order valence-electron chi connectivity index (χ4n) is 1.53. The molecule has 96 valence electrons. The molecule has 0 saturated carbocycles. The summed E-state index contributed by atoms with van der Waals surface area (Å²) >= 11 is 1.70. The van der Waals surface area contributed by atoms with E-state index in [-0.39, 0.29) is 0 Å². The van der Waals surface area contributed by atoms with Crippen molar-refractivity contribution in [2.75, 3.05) is 20.3 Å². The van der Waals surface area contributed by atoms with Gasteiger partial charge in [-0.3, -0.25) is 0 Å². The van der Waals surface area contributed by atoms with Crippen LogP contribution in [0.4, 0.5) is 0 Å². The summed E-state index contributed by atoms with van der Waals surface area (Å²) in [7, 11) is 1.69. The van der Waals surface area contributed by atoms with E-state index in [0.29, 0.717) is 6.61 Å². The van der Waals surface area contributed by atoms with Crippen molar-refractivity contribution in [3.05, 3.63) is 46.7 Å². The first-order valence-electron chi connectivity index (χ1n) is 5.88. The Labute approximate surface area is 111 Å². The van der Waals surface area contributed by atoms with E-state index in [4.69, 9.17) is 9.47 Å². The number of nitrogens with one attached hydrogen (secondary N) is 1. The average Bonchev–Trinajstić information content (AvgIpc) is 2.87. The summed E-state index contributed by atoms with van der Waals surface area (Å²) < 4.78 is 10.7. The smallest absolute Gasteiger partial charge is 0.129 e. The molecule has 1 heterocycles. The molecule has 0 atom stereocenters. The molecule has 0 spiro atoms. The summed E-state index contributed by atoms with van der Waals surface area (Å²) in [5.41, 5.74) is 0.